The van der Waals surface area contributed by atoms with Crippen molar-refractivity contribution in [2.75, 3.05) is 45.9 Å². The van der Waals surface area contributed by atoms with Crippen molar-refractivity contribution in [2.45, 2.75) is 64.5 Å². The van der Waals surface area contributed by atoms with Gasteiger partial charge in [0, 0.05) is 44.8 Å². The first-order valence-electron chi connectivity index (χ1n) is 11.2. The largest absolute Gasteiger partial charge is 0.379 e. The Balaban J connectivity index is 1.49. The maximum atomic E-state index is 13.0. The van der Waals surface area contributed by atoms with E-state index in [4.69, 9.17) is 4.74 Å². The lowest BCUT2D eigenvalue weighted by Crippen LogP contribution is -2.54. The highest BCUT2D eigenvalue weighted by Crippen LogP contribution is 2.21. The van der Waals surface area contributed by atoms with Crippen LogP contribution in [0.15, 0.2) is 0 Å². The van der Waals surface area contributed by atoms with Gasteiger partial charge in [-0.1, -0.05) is 26.7 Å². The minimum absolute atomic E-state index is 0.0122. The van der Waals surface area contributed by atoms with Crippen molar-refractivity contribution in [2.24, 2.45) is 11.8 Å². The Kier molecular flexibility index (Phi) is 7.97. The van der Waals surface area contributed by atoms with Crippen LogP contribution < -0.4 is 10.6 Å². The fourth-order valence-electron chi connectivity index (χ4n) is 4.50. The van der Waals surface area contributed by atoms with Crippen LogP contribution in [0.25, 0.3) is 0 Å². The minimum Gasteiger partial charge on any atom is -0.379 e. The van der Waals surface area contributed by atoms with Gasteiger partial charge in [-0.2, -0.15) is 0 Å². The van der Waals surface area contributed by atoms with Crippen LogP contribution in [0.3, 0.4) is 0 Å². The Hall–Kier alpha value is -1.34. The average molecular weight is 395 g/mol. The third-order valence-electron chi connectivity index (χ3n) is 6.45. The van der Waals surface area contributed by atoms with Crippen molar-refractivity contribution >= 4 is 11.9 Å². The molecule has 0 radical (unpaired) electrons. The highest BCUT2D eigenvalue weighted by atomic mass is 16.5. The number of nitrogens with zero attached hydrogens (tertiary/aromatic N) is 2. The smallest absolute Gasteiger partial charge is 0.317 e. The molecule has 3 amide bonds. The van der Waals surface area contributed by atoms with Crippen LogP contribution in [0, 0.1) is 11.8 Å². The number of ether oxygens (including phenoxy) is 1. The Bertz CT molecular complexity index is 516. The monoisotopic (exact) mass is 394 g/mol. The fourth-order valence-corrected chi connectivity index (χ4v) is 4.50. The third-order valence-corrected chi connectivity index (χ3v) is 6.45. The number of carbonyl (C=O) groups excluding carboxylic acids is 2. The van der Waals surface area contributed by atoms with Crippen LogP contribution in [0.1, 0.15) is 52.4 Å². The molecule has 1 aliphatic carbocycles. The summed E-state index contributed by atoms with van der Waals surface area (Å²) in [5.74, 6) is 0.372. The molecule has 0 unspecified atom stereocenters. The highest BCUT2D eigenvalue weighted by molar-refractivity contribution is 5.81. The van der Waals surface area contributed by atoms with Gasteiger partial charge in [0.2, 0.25) is 5.91 Å². The quantitative estimate of drug-likeness (QED) is 0.721. The zero-order valence-corrected chi connectivity index (χ0v) is 17.6. The van der Waals surface area contributed by atoms with Crippen molar-refractivity contribution < 1.29 is 14.3 Å². The van der Waals surface area contributed by atoms with Crippen molar-refractivity contribution in [3.8, 4) is 0 Å². The lowest BCUT2D eigenvalue weighted by molar-refractivity contribution is -0.127. The molecule has 0 bridgehead atoms. The molecule has 3 aliphatic rings. The van der Waals surface area contributed by atoms with E-state index < -0.39 is 0 Å². The molecule has 2 atom stereocenters. The summed E-state index contributed by atoms with van der Waals surface area (Å²) in [6.45, 7) is 9.87. The Morgan fingerprint density at radius 2 is 1.75 bits per heavy atom. The van der Waals surface area contributed by atoms with Gasteiger partial charge in [-0.15, -0.1) is 0 Å². The first kappa shape index (κ1) is 21.4. The SMILES string of the molecule is CC(C)[C@@H](CN1CCOCC1)NC(=O)[C@H]1CCCN(C(=O)NC2CCCC2)C1. The van der Waals surface area contributed by atoms with Crippen LogP contribution >= 0.6 is 0 Å². The van der Waals surface area contributed by atoms with Gasteiger partial charge < -0.3 is 20.3 Å². The summed E-state index contributed by atoms with van der Waals surface area (Å²) in [5, 5.41) is 6.44. The van der Waals surface area contributed by atoms with Crippen LogP contribution in [-0.4, -0.2) is 79.8 Å². The molecule has 2 N–H and O–H groups in total. The first-order valence-corrected chi connectivity index (χ1v) is 11.2. The number of carbonyl (C=O) groups is 2. The number of likely N-dealkylation sites (tertiary alicyclic amines) is 1. The van der Waals surface area contributed by atoms with E-state index in [1.54, 1.807) is 0 Å². The summed E-state index contributed by atoms with van der Waals surface area (Å²) in [5.41, 5.74) is 0. The van der Waals surface area contributed by atoms with Crippen LogP contribution in [0.5, 0.6) is 0 Å². The molecule has 0 spiro atoms. The molecule has 160 valence electrons. The van der Waals surface area contributed by atoms with E-state index in [1.807, 2.05) is 4.90 Å². The summed E-state index contributed by atoms with van der Waals surface area (Å²) < 4.78 is 5.43. The third kappa shape index (κ3) is 6.08. The molecular formula is C21H38N4O3. The van der Waals surface area contributed by atoms with E-state index in [0.29, 0.717) is 18.5 Å². The van der Waals surface area contributed by atoms with E-state index in [2.05, 4.69) is 29.4 Å². The van der Waals surface area contributed by atoms with E-state index >= 15 is 0 Å². The lowest BCUT2D eigenvalue weighted by Gasteiger charge is -2.36. The fraction of sp³-hybridized carbons (Fsp3) is 0.905. The first-order chi connectivity index (χ1) is 13.5. The van der Waals surface area contributed by atoms with Gasteiger partial charge in [0.1, 0.15) is 0 Å². The zero-order chi connectivity index (χ0) is 19.9. The van der Waals surface area contributed by atoms with Gasteiger partial charge in [-0.25, -0.2) is 4.79 Å². The predicted octanol–water partition coefficient (Wildman–Crippen LogP) is 1.82. The molecule has 2 heterocycles. The summed E-state index contributed by atoms with van der Waals surface area (Å²) in [6.07, 6.45) is 6.33. The maximum Gasteiger partial charge on any atom is 0.317 e. The predicted molar refractivity (Wildman–Crippen MR) is 109 cm³/mol. The molecule has 0 aromatic carbocycles. The van der Waals surface area contributed by atoms with E-state index in [0.717, 1.165) is 65.1 Å². The minimum atomic E-state index is -0.103. The van der Waals surface area contributed by atoms with Crippen molar-refractivity contribution in [3.05, 3.63) is 0 Å². The van der Waals surface area contributed by atoms with Crippen molar-refractivity contribution in [3.63, 3.8) is 0 Å². The van der Waals surface area contributed by atoms with E-state index in [-0.39, 0.29) is 23.9 Å². The van der Waals surface area contributed by atoms with Gasteiger partial charge >= 0.3 is 6.03 Å². The second kappa shape index (κ2) is 10.4. The van der Waals surface area contributed by atoms with Gasteiger partial charge in [0.15, 0.2) is 0 Å². The number of rotatable bonds is 6. The van der Waals surface area contributed by atoms with Crippen LogP contribution in [0.2, 0.25) is 0 Å². The van der Waals surface area contributed by atoms with Crippen LogP contribution in [0.4, 0.5) is 4.79 Å². The van der Waals surface area contributed by atoms with E-state index in [9.17, 15) is 9.59 Å². The second-order valence-electron chi connectivity index (χ2n) is 8.99. The highest BCUT2D eigenvalue weighted by Gasteiger charge is 2.31. The standard InChI is InChI=1S/C21H38N4O3/c1-16(2)19(15-24-10-12-28-13-11-24)23-20(26)17-6-5-9-25(14-17)21(27)22-18-7-3-4-8-18/h16-19H,3-15H2,1-2H3,(H,22,27)(H,23,26)/t17-,19+/m0/s1. The molecule has 7 heteroatoms. The van der Waals surface area contributed by atoms with Gasteiger partial charge in [0.25, 0.3) is 0 Å². The topological polar surface area (TPSA) is 73.9 Å². The Morgan fingerprint density at radius 1 is 1.04 bits per heavy atom. The molecule has 7 nitrogen and oxygen atoms in total. The number of hydrogen-bond acceptors (Lipinski definition) is 4. The molecule has 28 heavy (non-hydrogen) atoms. The maximum absolute atomic E-state index is 13.0. The summed E-state index contributed by atoms with van der Waals surface area (Å²) in [6, 6.07) is 0.465. The van der Waals surface area contributed by atoms with E-state index in [1.165, 1.54) is 12.8 Å². The zero-order valence-electron chi connectivity index (χ0n) is 17.6. The summed E-state index contributed by atoms with van der Waals surface area (Å²) >= 11 is 0. The van der Waals surface area contributed by atoms with Crippen LogP contribution in [-0.2, 0) is 9.53 Å². The molecule has 2 saturated heterocycles. The second-order valence-corrected chi connectivity index (χ2v) is 8.99. The summed E-state index contributed by atoms with van der Waals surface area (Å²) in [7, 11) is 0. The van der Waals surface area contributed by atoms with Crippen molar-refractivity contribution in [1.29, 1.82) is 0 Å². The van der Waals surface area contributed by atoms with Gasteiger partial charge in [-0.3, -0.25) is 9.69 Å². The van der Waals surface area contributed by atoms with Gasteiger partial charge in [-0.05, 0) is 31.6 Å². The lowest BCUT2D eigenvalue weighted by atomic mass is 9.95. The van der Waals surface area contributed by atoms with Gasteiger partial charge in [0.05, 0.1) is 19.1 Å². The number of urea groups is 1. The summed E-state index contributed by atoms with van der Waals surface area (Å²) in [4.78, 5) is 29.8. The number of piperidine rings is 1. The normalized spacial score (nSPS) is 25.7. The molecule has 2 aliphatic heterocycles. The molecule has 1 saturated carbocycles. The van der Waals surface area contributed by atoms with Crippen molar-refractivity contribution in [1.82, 2.24) is 20.4 Å². The number of hydrogen-bond donors (Lipinski definition) is 2. The number of morpholine rings is 1. The Morgan fingerprint density at radius 3 is 2.43 bits per heavy atom. The molecule has 3 fully saturated rings. The molecular weight excluding hydrogens is 356 g/mol. The average Bonchev–Trinajstić information content (AvgIpc) is 3.21. The Labute approximate surface area is 169 Å². The number of amides is 3. The molecule has 0 aromatic heterocycles. The number of nitrogens with one attached hydrogen (secondary N) is 2. The molecule has 0 aromatic rings. The molecule has 3 rings (SSSR count).